The fourth-order valence-electron chi connectivity index (χ4n) is 4.08. The van der Waals surface area contributed by atoms with E-state index in [0.29, 0.717) is 33.3 Å². The lowest BCUT2D eigenvalue weighted by Gasteiger charge is -2.26. The van der Waals surface area contributed by atoms with Crippen molar-refractivity contribution in [1.82, 2.24) is 0 Å². The van der Waals surface area contributed by atoms with Crippen LogP contribution in [0.4, 0.5) is 5.69 Å². The molecule has 2 aliphatic rings. The minimum absolute atomic E-state index is 0.000518. The smallest absolute Gasteiger partial charge is 0.300 e. The van der Waals surface area contributed by atoms with Crippen molar-refractivity contribution in [2.75, 3.05) is 11.7 Å². The van der Waals surface area contributed by atoms with Gasteiger partial charge in [-0.05, 0) is 48.9 Å². The summed E-state index contributed by atoms with van der Waals surface area (Å²) >= 11 is 6.17. The third-order valence-corrected chi connectivity index (χ3v) is 5.77. The van der Waals surface area contributed by atoms with Crippen molar-refractivity contribution in [3.63, 3.8) is 0 Å². The molecule has 2 heterocycles. The zero-order valence-electron chi connectivity index (χ0n) is 17.0. The number of ether oxygens (including phenoxy) is 2. The fourth-order valence-corrected chi connectivity index (χ4v) is 4.26. The molecule has 0 aliphatic carbocycles. The maximum atomic E-state index is 13.2. The number of aliphatic hydroxyl groups is 1. The second-order valence-electron chi connectivity index (χ2n) is 7.63. The molecule has 0 radical (unpaired) electrons. The fraction of sp³-hybridized carbons (Fsp3) is 0.120. The van der Waals surface area contributed by atoms with Gasteiger partial charge in [-0.1, -0.05) is 47.5 Å². The zero-order chi connectivity index (χ0) is 22.4. The Labute approximate surface area is 189 Å². The van der Waals surface area contributed by atoms with Gasteiger partial charge in [0, 0.05) is 16.3 Å². The van der Waals surface area contributed by atoms with E-state index in [2.05, 4.69) is 0 Å². The van der Waals surface area contributed by atoms with Crippen LogP contribution in [0.5, 0.6) is 11.5 Å². The van der Waals surface area contributed by atoms with Crippen LogP contribution in [0.15, 0.2) is 72.3 Å². The van der Waals surface area contributed by atoms with Crippen molar-refractivity contribution in [3.8, 4) is 11.5 Å². The van der Waals surface area contributed by atoms with Crippen molar-refractivity contribution in [2.45, 2.75) is 13.0 Å². The third-order valence-electron chi connectivity index (χ3n) is 5.53. The Morgan fingerprint density at radius 3 is 2.56 bits per heavy atom. The Hall–Kier alpha value is -3.77. The first-order chi connectivity index (χ1) is 15.4. The number of halogens is 1. The third kappa shape index (κ3) is 3.29. The molecule has 1 unspecified atom stereocenters. The topological polar surface area (TPSA) is 76.1 Å². The number of Topliss-reactive ketones (excluding diaryl/α,β-unsaturated/α-hetero) is 1. The molecule has 3 aromatic rings. The van der Waals surface area contributed by atoms with Gasteiger partial charge in [-0.15, -0.1) is 0 Å². The normalized spacial score (nSPS) is 18.9. The molecule has 3 aromatic carbocycles. The minimum atomic E-state index is -0.821. The van der Waals surface area contributed by atoms with Gasteiger partial charge in [-0.2, -0.15) is 0 Å². The number of aliphatic hydroxyl groups excluding tert-OH is 1. The summed E-state index contributed by atoms with van der Waals surface area (Å²) in [5.41, 5.74) is 2.49. The highest BCUT2D eigenvalue weighted by molar-refractivity contribution is 6.51. The van der Waals surface area contributed by atoms with Crippen LogP contribution in [0.25, 0.3) is 5.76 Å². The summed E-state index contributed by atoms with van der Waals surface area (Å²) in [4.78, 5) is 27.7. The maximum absolute atomic E-state index is 13.2. The molecule has 160 valence electrons. The second-order valence-corrected chi connectivity index (χ2v) is 8.07. The summed E-state index contributed by atoms with van der Waals surface area (Å²) < 4.78 is 10.7. The predicted octanol–water partition coefficient (Wildman–Crippen LogP) is 5.00. The standard InChI is InChI=1S/C25H18ClNO5/c1-14-4-2-5-15(10-14)22-21(23(28)16-8-9-19-20(11-16)32-13-31-19)24(29)25(30)27(22)18-7-3-6-17(26)12-18/h2-12,22,28H,13H2,1H3/b23-21-. The number of hydrogen-bond donors (Lipinski definition) is 1. The van der Waals surface area contributed by atoms with Crippen molar-refractivity contribution < 1.29 is 24.2 Å². The first-order valence-corrected chi connectivity index (χ1v) is 10.3. The van der Waals surface area contributed by atoms with Crippen LogP contribution >= 0.6 is 11.6 Å². The molecule has 0 saturated carbocycles. The Bertz CT molecular complexity index is 1300. The zero-order valence-corrected chi connectivity index (χ0v) is 17.8. The Balaban J connectivity index is 1.72. The highest BCUT2D eigenvalue weighted by Crippen LogP contribution is 2.43. The molecular formula is C25H18ClNO5. The predicted molar refractivity (Wildman–Crippen MR) is 120 cm³/mol. The second kappa shape index (κ2) is 7.73. The van der Waals surface area contributed by atoms with Gasteiger partial charge in [-0.25, -0.2) is 0 Å². The number of nitrogens with zero attached hydrogens (tertiary/aromatic N) is 1. The molecule has 0 bridgehead atoms. The van der Waals surface area contributed by atoms with E-state index in [-0.39, 0.29) is 18.1 Å². The van der Waals surface area contributed by atoms with Crippen LogP contribution in [0.1, 0.15) is 22.7 Å². The Kier molecular flexibility index (Phi) is 4.87. The van der Waals surface area contributed by atoms with Gasteiger partial charge >= 0.3 is 0 Å². The number of carbonyl (C=O) groups excluding carboxylic acids is 2. The van der Waals surface area contributed by atoms with Gasteiger partial charge in [0.2, 0.25) is 6.79 Å². The lowest BCUT2D eigenvalue weighted by Crippen LogP contribution is -2.29. The first-order valence-electron chi connectivity index (χ1n) is 9.97. The summed E-state index contributed by atoms with van der Waals surface area (Å²) in [5, 5.41) is 11.7. The van der Waals surface area contributed by atoms with Gasteiger partial charge in [0.15, 0.2) is 11.5 Å². The molecule has 1 fully saturated rings. The maximum Gasteiger partial charge on any atom is 0.300 e. The van der Waals surface area contributed by atoms with E-state index in [4.69, 9.17) is 21.1 Å². The summed E-state index contributed by atoms with van der Waals surface area (Å²) in [6.45, 7) is 2.01. The molecular weight excluding hydrogens is 430 g/mol. The van der Waals surface area contributed by atoms with Crippen LogP contribution in [-0.2, 0) is 9.59 Å². The molecule has 1 saturated heterocycles. The van der Waals surface area contributed by atoms with E-state index < -0.39 is 17.7 Å². The quantitative estimate of drug-likeness (QED) is 0.347. The number of aryl methyl sites for hydroxylation is 1. The lowest BCUT2D eigenvalue weighted by atomic mass is 9.94. The molecule has 6 nitrogen and oxygen atoms in total. The van der Waals surface area contributed by atoms with Crippen molar-refractivity contribution in [2.24, 2.45) is 0 Å². The van der Waals surface area contributed by atoms with E-state index in [0.717, 1.165) is 5.56 Å². The molecule has 2 aliphatic heterocycles. The van der Waals surface area contributed by atoms with Gasteiger partial charge in [0.05, 0.1) is 11.6 Å². The highest BCUT2D eigenvalue weighted by atomic mass is 35.5. The summed E-state index contributed by atoms with van der Waals surface area (Å²) in [6, 6.07) is 18.3. The van der Waals surface area contributed by atoms with Gasteiger partial charge in [0.1, 0.15) is 5.76 Å². The molecule has 5 rings (SSSR count). The highest BCUT2D eigenvalue weighted by Gasteiger charge is 2.47. The molecule has 1 N–H and O–H groups in total. The largest absolute Gasteiger partial charge is 0.507 e. The van der Waals surface area contributed by atoms with Crippen LogP contribution in [-0.4, -0.2) is 23.6 Å². The average molecular weight is 448 g/mol. The monoisotopic (exact) mass is 447 g/mol. The first kappa shape index (κ1) is 20.2. The number of ketones is 1. The number of hydrogen-bond acceptors (Lipinski definition) is 5. The summed E-state index contributed by atoms with van der Waals surface area (Å²) in [7, 11) is 0. The number of carbonyl (C=O) groups is 2. The van der Waals surface area contributed by atoms with Crippen LogP contribution < -0.4 is 14.4 Å². The number of amides is 1. The van der Waals surface area contributed by atoms with Crippen molar-refractivity contribution in [1.29, 1.82) is 0 Å². The molecule has 0 aromatic heterocycles. The molecule has 1 atom stereocenters. The van der Waals surface area contributed by atoms with E-state index >= 15 is 0 Å². The number of benzene rings is 3. The molecule has 7 heteroatoms. The molecule has 32 heavy (non-hydrogen) atoms. The Morgan fingerprint density at radius 1 is 1.00 bits per heavy atom. The van der Waals surface area contributed by atoms with Crippen LogP contribution in [0, 0.1) is 6.92 Å². The minimum Gasteiger partial charge on any atom is -0.507 e. The summed E-state index contributed by atoms with van der Waals surface area (Å²) in [6.07, 6.45) is 0. The Morgan fingerprint density at radius 2 is 1.78 bits per heavy atom. The molecule has 0 spiro atoms. The van der Waals surface area contributed by atoms with E-state index in [1.807, 2.05) is 31.2 Å². The van der Waals surface area contributed by atoms with Crippen molar-refractivity contribution >= 4 is 34.7 Å². The average Bonchev–Trinajstić information content (AvgIpc) is 3.35. The number of fused-ring (bicyclic) bond motifs is 1. The number of anilines is 1. The van der Waals surface area contributed by atoms with Gasteiger partial charge in [0.25, 0.3) is 11.7 Å². The number of rotatable bonds is 3. The van der Waals surface area contributed by atoms with E-state index in [1.165, 1.54) is 4.90 Å². The van der Waals surface area contributed by atoms with Gasteiger partial charge in [-0.3, -0.25) is 14.5 Å². The SMILES string of the molecule is Cc1cccc(C2/C(=C(/O)c3ccc4c(c3)OCO4)C(=O)C(=O)N2c2cccc(Cl)c2)c1. The van der Waals surface area contributed by atoms with E-state index in [1.54, 1.807) is 42.5 Å². The summed E-state index contributed by atoms with van der Waals surface area (Å²) in [5.74, 6) is -0.771. The van der Waals surface area contributed by atoms with Crippen molar-refractivity contribution in [3.05, 3.63) is 94.0 Å². The lowest BCUT2D eigenvalue weighted by molar-refractivity contribution is -0.132. The van der Waals surface area contributed by atoms with Crippen LogP contribution in [0.2, 0.25) is 5.02 Å². The van der Waals surface area contributed by atoms with E-state index in [9.17, 15) is 14.7 Å². The van der Waals surface area contributed by atoms with Gasteiger partial charge < -0.3 is 14.6 Å². The van der Waals surface area contributed by atoms with Crippen LogP contribution in [0.3, 0.4) is 0 Å². The molecule has 1 amide bonds.